The number of halogens is 1. The number of nitrogens with zero attached hydrogens (tertiary/aromatic N) is 2. The van der Waals surface area contributed by atoms with Crippen LogP contribution < -0.4 is 11.5 Å². The minimum absolute atomic E-state index is 0.0369. The van der Waals surface area contributed by atoms with Gasteiger partial charge in [-0.25, -0.2) is 0 Å². The van der Waals surface area contributed by atoms with Gasteiger partial charge >= 0.3 is 0 Å². The van der Waals surface area contributed by atoms with Crippen molar-refractivity contribution in [2.75, 3.05) is 5.73 Å². The molecule has 0 bridgehead atoms. The van der Waals surface area contributed by atoms with E-state index in [1.807, 2.05) is 0 Å². The Hall–Kier alpha value is -2.22. The van der Waals surface area contributed by atoms with E-state index in [1.165, 1.54) is 18.3 Å². The summed E-state index contributed by atoms with van der Waals surface area (Å²) in [6, 6.07) is 2.58. The second kappa shape index (κ2) is 4.22. The quantitative estimate of drug-likeness (QED) is 0.643. The number of nitrogen functional groups attached to an aromatic ring is 1. The number of nitrogens with two attached hydrogens (primary N) is 2. The minimum atomic E-state index is -0.732. The summed E-state index contributed by atoms with van der Waals surface area (Å²) in [5, 5.41) is 11.1. The lowest BCUT2D eigenvalue weighted by atomic mass is 10.1. The molecule has 0 spiro atoms. The summed E-state index contributed by atoms with van der Waals surface area (Å²) in [4.78, 5) is 25.3. The van der Waals surface area contributed by atoms with Crippen LogP contribution in [-0.2, 0) is 0 Å². The summed E-state index contributed by atoms with van der Waals surface area (Å²) in [5.41, 5.74) is 11.3. The topological polar surface area (TPSA) is 125 Å². The van der Waals surface area contributed by atoms with Crippen LogP contribution >= 0.6 is 15.9 Å². The number of rotatable bonds is 2. The maximum Gasteiger partial charge on any atom is 0.271 e. The van der Waals surface area contributed by atoms with Crippen molar-refractivity contribution in [1.82, 2.24) is 4.98 Å². The monoisotopic (exact) mass is 310 g/mol. The van der Waals surface area contributed by atoms with Gasteiger partial charge in [0.25, 0.3) is 11.6 Å². The number of hydrogen-bond acceptors (Lipinski definition) is 5. The molecule has 1 heterocycles. The molecule has 0 saturated heterocycles. The van der Waals surface area contributed by atoms with Crippen molar-refractivity contribution in [3.05, 3.63) is 38.5 Å². The van der Waals surface area contributed by atoms with Crippen LogP contribution in [0.3, 0.4) is 0 Å². The number of amides is 1. The molecule has 1 aromatic carbocycles. The first kappa shape index (κ1) is 12.2. The zero-order chi connectivity index (χ0) is 13.4. The maximum absolute atomic E-state index is 11.1. The number of carbonyl (C=O) groups excluding carboxylic acids is 1. The molecule has 8 heteroatoms. The summed E-state index contributed by atoms with van der Waals surface area (Å²) in [5.74, 6) is -0.732. The van der Waals surface area contributed by atoms with Gasteiger partial charge in [-0.05, 0) is 15.9 Å². The Labute approximate surface area is 109 Å². The van der Waals surface area contributed by atoms with Crippen molar-refractivity contribution in [2.45, 2.75) is 0 Å². The van der Waals surface area contributed by atoms with E-state index >= 15 is 0 Å². The third-order valence-corrected chi connectivity index (χ3v) is 3.03. The van der Waals surface area contributed by atoms with E-state index in [1.54, 1.807) is 0 Å². The van der Waals surface area contributed by atoms with Gasteiger partial charge < -0.3 is 11.5 Å². The average molecular weight is 311 g/mol. The van der Waals surface area contributed by atoms with E-state index in [0.717, 1.165) is 0 Å². The van der Waals surface area contributed by atoms with E-state index in [9.17, 15) is 14.9 Å². The van der Waals surface area contributed by atoms with Gasteiger partial charge in [-0.3, -0.25) is 19.9 Å². The number of pyridine rings is 1. The molecule has 0 fully saturated rings. The number of anilines is 1. The molecular formula is C10H7BrN4O3. The molecule has 2 rings (SSSR count). The zero-order valence-corrected chi connectivity index (χ0v) is 10.5. The van der Waals surface area contributed by atoms with Crippen molar-refractivity contribution in [3.8, 4) is 0 Å². The fourth-order valence-corrected chi connectivity index (χ4v) is 2.12. The lowest BCUT2D eigenvalue weighted by Gasteiger charge is -2.06. The van der Waals surface area contributed by atoms with Crippen molar-refractivity contribution < 1.29 is 9.72 Å². The number of carbonyl (C=O) groups is 1. The number of nitro benzene ring substituents is 1. The number of nitro groups is 1. The standard InChI is InChI=1S/C10H7BrN4O3/c11-7-2-4(15(17)18)1-5-8(12)6(10(13)16)3-14-9(5)7/h1-3H,(H2,12,14)(H2,13,16). The molecule has 0 aliphatic heterocycles. The third kappa shape index (κ3) is 1.86. The first-order valence-corrected chi connectivity index (χ1v) is 5.53. The highest BCUT2D eigenvalue weighted by molar-refractivity contribution is 9.10. The normalized spacial score (nSPS) is 10.5. The molecule has 92 valence electrons. The first-order chi connectivity index (χ1) is 8.41. The molecule has 4 N–H and O–H groups in total. The van der Waals surface area contributed by atoms with Crippen molar-refractivity contribution >= 4 is 44.1 Å². The SMILES string of the molecule is NC(=O)c1cnc2c(Br)cc([N+](=O)[O-])cc2c1N. The summed E-state index contributed by atoms with van der Waals surface area (Å²) in [6.45, 7) is 0. The first-order valence-electron chi connectivity index (χ1n) is 4.73. The van der Waals surface area contributed by atoms with Crippen molar-refractivity contribution in [1.29, 1.82) is 0 Å². The lowest BCUT2D eigenvalue weighted by Crippen LogP contribution is -2.14. The molecule has 1 amide bonds. The smallest absolute Gasteiger partial charge is 0.271 e. The molecule has 0 unspecified atom stereocenters. The zero-order valence-electron chi connectivity index (χ0n) is 8.88. The van der Waals surface area contributed by atoms with Crippen LogP contribution in [0.25, 0.3) is 10.9 Å². The highest BCUT2D eigenvalue weighted by Gasteiger charge is 2.16. The van der Waals surface area contributed by atoms with E-state index in [-0.39, 0.29) is 16.9 Å². The second-order valence-electron chi connectivity index (χ2n) is 3.53. The van der Waals surface area contributed by atoms with Gasteiger partial charge in [0.1, 0.15) is 0 Å². The van der Waals surface area contributed by atoms with E-state index < -0.39 is 10.8 Å². The van der Waals surface area contributed by atoms with Crippen LogP contribution in [0.15, 0.2) is 22.8 Å². The molecule has 18 heavy (non-hydrogen) atoms. The van der Waals surface area contributed by atoms with Crippen LogP contribution in [0.4, 0.5) is 11.4 Å². The van der Waals surface area contributed by atoms with E-state index in [2.05, 4.69) is 20.9 Å². The molecule has 0 aliphatic rings. The number of aromatic nitrogens is 1. The Kier molecular flexibility index (Phi) is 2.87. The van der Waals surface area contributed by atoms with Gasteiger partial charge in [-0.1, -0.05) is 0 Å². The van der Waals surface area contributed by atoms with E-state index in [0.29, 0.717) is 15.4 Å². The Bertz CT molecular complexity index is 686. The number of non-ortho nitro benzene ring substituents is 1. The second-order valence-corrected chi connectivity index (χ2v) is 4.39. The van der Waals surface area contributed by atoms with Crippen molar-refractivity contribution in [3.63, 3.8) is 0 Å². The van der Waals surface area contributed by atoms with Crippen LogP contribution in [0.1, 0.15) is 10.4 Å². The minimum Gasteiger partial charge on any atom is -0.397 e. The fraction of sp³-hybridized carbons (Fsp3) is 0. The number of primary amides is 1. The summed E-state index contributed by atoms with van der Waals surface area (Å²) in [6.07, 6.45) is 1.25. The average Bonchev–Trinajstić information content (AvgIpc) is 2.29. The van der Waals surface area contributed by atoms with Gasteiger partial charge in [-0.2, -0.15) is 0 Å². The highest BCUT2D eigenvalue weighted by atomic mass is 79.9. The van der Waals surface area contributed by atoms with Gasteiger partial charge in [0.2, 0.25) is 0 Å². The highest BCUT2D eigenvalue weighted by Crippen LogP contribution is 2.32. The molecule has 1 aromatic heterocycles. The molecule has 0 saturated carbocycles. The Morgan fingerprint density at radius 3 is 2.67 bits per heavy atom. The number of benzene rings is 1. The van der Waals surface area contributed by atoms with Crippen LogP contribution in [0.5, 0.6) is 0 Å². The molecular weight excluding hydrogens is 304 g/mol. The Balaban J connectivity index is 2.87. The Morgan fingerprint density at radius 2 is 2.11 bits per heavy atom. The number of fused-ring (bicyclic) bond motifs is 1. The molecule has 2 aromatic rings. The summed E-state index contributed by atoms with van der Waals surface area (Å²) < 4.78 is 0.425. The predicted molar refractivity (Wildman–Crippen MR) is 69.0 cm³/mol. The molecule has 7 nitrogen and oxygen atoms in total. The van der Waals surface area contributed by atoms with Gasteiger partial charge in [0, 0.05) is 23.7 Å². The van der Waals surface area contributed by atoms with Gasteiger partial charge in [0.15, 0.2) is 0 Å². The largest absolute Gasteiger partial charge is 0.397 e. The molecule has 0 aliphatic carbocycles. The number of hydrogen-bond donors (Lipinski definition) is 2. The van der Waals surface area contributed by atoms with Crippen LogP contribution in [-0.4, -0.2) is 15.8 Å². The molecule has 0 atom stereocenters. The Morgan fingerprint density at radius 1 is 1.44 bits per heavy atom. The maximum atomic E-state index is 11.1. The van der Waals surface area contributed by atoms with Gasteiger partial charge in [-0.15, -0.1) is 0 Å². The van der Waals surface area contributed by atoms with Crippen LogP contribution in [0, 0.1) is 10.1 Å². The summed E-state index contributed by atoms with van der Waals surface area (Å²) >= 11 is 3.17. The van der Waals surface area contributed by atoms with Gasteiger partial charge in [0.05, 0.1) is 26.2 Å². The molecule has 0 radical (unpaired) electrons. The lowest BCUT2D eigenvalue weighted by molar-refractivity contribution is -0.384. The predicted octanol–water partition coefficient (Wildman–Crippen LogP) is 1.59. The fourth-order valence-electron chi connectivity index (χ4n) is 1.57. The van der Waals surface area contributed by atoms with Crippen molar-refractivity contribution in [2.24, 2.45) is 5.73 Å². The van der Waals surface area contributed by atoms with Crippen LogP contribution in [0.2, 0.25) is 0 Å². The third-order valence-electron chi connectivity index (χ3n) is 2.43. The summed E-state index contributed by atoms with van der Waals surface area (Å²) in [7, 11) is 0. The van der Waals surface area contributed by atoms with E-state index in [4.69, 9.17) is 11.5 Å².